The molecule has 102 valence electrons. The maximum atomic E-state index is 12.0. The highest BCUT2D eigenvalue weighted by molar-refractivity contribution is 7.90. The fourth-order valence-electron chi connectivity index (χ4n) is 1.40. The van der Waals surface area contributed by atoms with E-state index >= 15 is 0 Å². The molecule has 0 saturated heterocycles. The largest absolute Gasteiger partial charge is 0.320 e. The van der Waals surface area contributed by atoms with E-state index in [9.17, 15) is 8.42 Å². The summed E-state index contributed by atoms with van der Waals surface area (Å²) in [5, 5.41) is 2.98. The van der Waals surface area contributed by atoms with Crippen molar-refractivity contribution in [1.82, 2.24) is 14.6 Å². The Balaban J connectivity index is 2.67. The topological polar surface area (TPSA) is 74.3 Å². The summed E-state index contributed by atoms with van der Waals surface area (Å²) in [7, 11) is -0.0842. The number of aryl methyl sites for hydroxylation is 1. The summed E-state index contributed by atoms with van der Waals surface area (Å²) in [5.74, 6) is 0. The van der Waals surface area contributed by atoms with Crippen molar-refractivity contribution in [3.05, 3.63) is 24.0 Å². The molecular weight excluding hydrogens is 252 g/mol. The van der Waals surface area contributed by atoms with Gasteiger partial charge in [0, 0.05) is 26.0 Å². The van der Waals surface area contributed by atoms with E-state index in [2.05, 4.69) is 15.0 Å². The van der Waals surface area contributed by atoms with E-state index in [4.69, 9.17) is 0 Å². The van der Waals surface area contributed by atoms with Crippen LogP contribution in [0.5, 0.6) is 0 Å². The Bertz CT molecular complexity index is 476. The maximum Gasteiger partial charge on any atom is 0.301 e. The standard InChI is InChI=1S/C11H20N4O2S/c1-10-9-13-7-5-11(10)14-18(16,17)15(3)8-4-6-12-2/h5,7,9,12H,4,6,8H2,1-3H3,(H,13,14). The second kappa shape index (κ2) is 6.67. The first-order valence-corrected chi connectivity index (χ1v) is 7.20. The first-order valence-electron chi connectivity index (χ1n) is 5.76. The smallest absolute Gasteiger partial charge is 0.301 e. The third kappa shape index (κ3) is 4.25. The first kappa shape index (κ1) is 14.9. The molecule has 0 unspecified atom stereocenters. The zero-order valence-corrected chi connectivity index (χ0v) is 11.8. The highest BCUT2D eigenvalue weighted by Crippen LogP contribution is 2.14. The van der Waals surface area contributed by atoms with Gasteiger partial charge in [-0.1, -0.05) is 0 Å². The number of anilines is 1. The number of hydrogen-bond acceptors (Lipinski definition) is 4. The average Bonchev–Trinajstić information content (AvgIpc) is 2.32. The van der Waals surface area contributed by atoms with Gasteiger partial charge in [0.25, 0.3) is 0 Å². The molecule has 0 amide bonds. The van der Waals surface area contributed by atoms with Crippen molar-refractivity contribution in [3.63, 3.8) is 0 Å². The number of aromatic nitrogens is 1. The van der Waals surface area contributed by atoms with E-state index in [0.717, 1.165) is 18.5 Å². The SMILES string of the molecule is CNCCCN(C)S(=O)(=O)Nc1ccncc1C. The Kier molecular flexibility index (Phi) is 5.52. The fourth-order valence-corrected chi connectivity index (χ4v) is 2.44. The first-order chi connectivity index (χ1) is 8.47. The molecule has 0 fully saturated rings. The van der Waals surface area contributed by atoms with Crippen LogP contribution in [0.15, 0.2) is 18.5 Å². The average molecular weight is 272 g/mol. The van der Waals surface area contributed by atoms with Crippen LogP contribution >= 0.6 is 0 Å². The van der Waals surface area contributed by atoms with E-state index < -0.39 is 10.2 Å². The third-order valence-electron chi connectivity index (χ3n) is 2.57. The molecule has 7 heteroatoms. The minimum absolute atomic E-state index is 0.473. The van der Waals surface area contributed by atoms with Crippen LogP contribution in [0.4, 0.5) is 5.69 Å². The van der Waals surface area contributed by atoms with Gasteiger partial charge in [0.2, 0.25) is 0 Å². The predicted molar refractivity (Wildman–Crippen MR) is 72.7 cm³/mol. The number of rotatable bonds is 7. The van der Waals surface area contributed by atoms with Crippen molar-refractivity contribution in [2.45, 2.75) is 13.3 Å². The summed E-state index contributed by atoms with van der Waals surface area (Å²) in [4.78, 5) is 3.92. The zero-order chi connectivity index (χ0) is 13.6. The van der Waals surface area contributed by atoms with Crippen molar-refractivity contribution < 1.29 is 8.42 Å². The molecule has 0 saturated carbocycles. The molecule has 18 heavy (non-hydrogen) atoms. The van der Waals surface area contributed by atoms with Gasteiger partial charge in [0.15, 0.2) is 0 Å². The normalized spacial score (nSPS) is 11.8. The van der Waals surface area contributed by atoms with Gasteiger partial charge in [-0.3, -0.25) is 9.71 Å². The fraction of sp³-hybridized carbons (Fsp3) is 0.545. The third-order valence-corrected chi connectivity index (χ3v) is 4.05. The molecular formula is C11H20N4O2S. The lowest BCUT2D eigenvalue weighted by atomic mass is 10.3. The van der Waals surface area contributed by atoms with E-state index in [-0.39, 0.29) is 0 Å². The summed E-state index contributed by atoms with van der Waals surface area (Å²) in [5.41, 5.74) is 1.36. The lowest BCUT2D eigenvalue weighted by Gasteiger charge is -2.18. The molecule has 0 bridgehead atoms. The molecule has 2 N–H and O–H groups in total. The minimum Gasteiger partial charge on any atom is -0.320 e. The van der Waals surface area contributed by atoms with Crippen molar-refractivity contribution in [1.29, 1.82) is 0 Å². The molecule has 1 aromatic rings. The Morgan fingerprint density at radius 2 is 2.17 bits per heavy atom. The highest BCUT2D eigenvalue weighted by Gasteiger charge is 2.17. The van der Waals surface area contributed by atoms with Gasteiger partial charge >= 0.3 is 10.2 Å². The van der Waals surface area contributed by atoms with Crippen LogP contribution in [0.1, 0.15) is 12.0 Å². The Morgan fingerprint density at radius 3 is 2.78 bits per heavy atom. The van der Waals surface area contributed by atoms with Crippen molar-refractivity contribution in [2.75, 3.05) is 31.9 Å². The van der Waals surface area contributed by atoms with Crippen LogP contribution in [-0.2, 0) is 10.2 Å². The number of nitrogens with zero attached hydrogens (tertiary/aromatic N) is 2. The van der Waals surface area contributed by atoms with Crippen LogP contribution in [-0.4, -0.2) is 44.9 Å². The second-order valence-electron chi connectivity index (χ2n) is 4.08. The Hall–Kier alpha value is -1.18. The monoisotopic (exact) mass is 272 g/mol. The molecule has 0 spiro atoms. The van der Waals surface area contributed by atoms with E-state index in [0.29, 0.717) is 12.2 Å². The number of pyridine rings is 1. The van der Waals surface area contributed by atoms with Crippen LogP contribution in [0.2, 0.25) is 0 Å². The lowest BCUT2D eigenvalue weighted by molar-refractivity contribution is 0.462. The lowest BCUT2D eigenvalue weighted by Crippen LogP contribution is -2.34. The quantitative estimate of drug-likeness (QED) is 0.712. The summed E-state index contributed by atoms with van der Waals surface area (Å²) < 4.78 is 27.9. The Morgan fingerprint density at radius 1 is 1.44 bits per heavy atom. The predicted octanol–water partition coefficient (Wildman–Crippen LogP) is 0.588. The molecule has 0 radical (unpaired) electrons. The van der Waals surface area contributed by atoms with Gasteiger partial charge in [-0.25, -0.2) is 0 Å². The molecule has 0 atom stereocenters. The summed E-state index contributed by atoms with van der Waals surface area (Å²) in [6, 6.07) is 1.65. The molecule has 1 rings (SSSR count). The van der Waals surface area contributed by atoms with Crippen LogP contribution in [0, 0.1) is 6.92 Å². The van der Waals surface area contributed by atoms with E-state index in [1.165, 1.54) is 4.31 Å². The van der Waals surface area contributed by atoms with E-state index in [1.807, 2.05) is 14.0 Å². The van der Waals surface area contributed by atoms with Crippen LogP contribution < -0.4 is 10.0 Å². The van der Waals surface area contributed by atoms with Crippen LogP contribution in [0.3, 0.4) is 0 Å². The Labute approximate surface area is 109 Å². The van der Waals surface area contributed by atoms with Crippen molar-refractivity contribution in [3.8, 4) is 0 Å². The molecule has 6 nitrogen and oxygen atoms in total. The number of hydrogen-bond donors (Lipinski definition) is 2. The number of nitrogens with one attached hydrogen (secondary N) is 2. The highest BCUT2D eigenvalue weighted by atomic mass is 32.2. The molecule has 0 aromatic carbocycles. The van der Waals surface area contributed by atoms with Crippen LogP contribution in [0.25, 0.3) is 0 Å². The van der Waals surface area contributed by atoms with Crippen molar-refractivity contribution in [2.24, 2.45) is 0 Å². The second-order valence-corrected chi connectivity index (χ2v) is 5.85. The molecule has 1 aromatic heterocycles. The van der Waals surface area contributed by atoms with Gasteiger partial charge in [0.1, 0.15) is 0 Å². The van der Waals surface area contributed by atoms with E-state index in [1.54, 1.807) is 25.5 Å². The van der Waals surface area contributed by atoms with Gasteiger partial charge in [-0.2, -0.15) is 12.7 Å². The molecule has 0 aliphatic rings. The summed E-state index contributed by atoms with van der Waals surface area (Å²) >= 11 is 0. The summed E-state index contributed by atoms with van der Waals surface area (Å²) in [6.45, 7) is 3.07. The molecule has 1 heterocycles. The molecule has 0 aliphatic heterocycles. The van der Waals surface area contributed by atoms with Gasteiger partial charge < -0.3 is 5.32 Å². The molecule has 0 aliphatic carbocycles. The summed E-state index contributed by atoms with van der Waals surface area (Å²) in [6.07, 6.45) is 3.95. The van der Waals surface area contributed by atoms with Gasteiger partial charge in [-0.05, 0) is 38.6 Å². The van der Waals surface area contributed by atoms with Gasteiger partial charge in [0.05, 0.1) is 5.69 Å². The maximum absolute atomic E-state index is 12.0. The van der Waals surface area contributed by atoms with Crippen molar-refractivity contribution >= 4 is 15.9 Å². The zero-order valence-electron chi connectivity index (χ0n) is 11.0. The minimum atomic E-state index is -3.49. The van der Waals surface area contributed by atoms with Gasteiger partial charge in [-0.15, -0.1) is 0 Å².